The summed E-state index contributed by atoms with van der Waals surface area (Å²) in [7, 11) is 0. The number of hydrogen-bond acceptors (Lipinski definition) is 7. The Morgan fingerprint density at radius 3 is 2.30 bits per heavy atom. The van der Waals surface area contributed by atoms with Gasteiger partial charge in [-0.15, -0.1) is 11.3 Å². The Balaban J connectivity index is 1.70. The number of halogens is 1. The molecule has 0 aliphatic carbocycles. The molecule has 3 aromatic carbocycles. The molecule has 0 spiro atoms. The molecule has 1 aromatic heterocycles. The van der Waals surface area contributed by atoms with Gasteiger partial charge in [-0.2, -0.15) is 0 Å². The Hall–Kier alpha value is -4.28. The van der Waals surface area contributed by atoms with Gasteiger partial charge in [0.15, 0.2) is 0 Å². The number of phenols is 1. The number of thiazole rings is 1. The van der Waals surface area contributed by atoms with E-state index >= 15 is 0 Å². The number of nitrogens with zero attached hydrogens (tertiary/aromatic N) is 2. The Labute approximate surface area is 222 Å². The van der Waals surface area contributed by atoms with Crippen LogP contribution in [0.5, 0.6) is 5.75 Å². The zero-order chi connectivity index (χ0) is 26.3. The van der Waals surface area contributed by atoms with Gasteiger partial charge in [0.2, 0.25) is 0 Å². The summed E-state index contributed by atoms with van der Waals surface area (Å²) < 4.78 is 0.768. The van der Waals surface area contributed by atoms with Crippen molar-refractivity contribution in [1.29, 1.82) is 0 Å². The zero-order valence-electron chi connectivity index (χ0n) is 18.8. The van der Waals surface area contributed by atoms with Crippen LogP contribution in [0.2, 0.25) is 0 Å². The molecule has 1 saturated heterocycles. The number of ketones is 1. The van der Waals surface area contributed by atoms with Crippen molar-refractivity contribution in [1.82, 2.24) is 4.98 Å². The number of carboxylic acid groups (broad SMARTS) is 1. The molecule has 1 atom stereocenters. The average Bonchev–Trinajstić information content (AvgIpc) is 3.52. The van der Waals surface area contributed by atoms with Crippen LogP contribution >= 0.6 is 27.3 Å². The summed E-state index contributed by atoms with van der Waals surface area (Å²) >= 11 is 4.80. The van der Waals surface area contributed by atoms with Crippen molar-refractivity contribution in [3.63, 3.8) is 0 Å². The first kappa shape index (κ1) is 24.4. The lowest BCUT2D eigenvalue weighted by atomic mass is 9.94. The van der Waals surface area contributed by atoms with E-state index in [1.807, 2.05) is 5.38 Å². The molecule has 1 aliphatic heterocycles. The lowest BCUT2D eigenvalue weighted by Gasteiger charge is -2.26. The Morgan fingerprint density at radius 2 is 1.68 bits per heavy atom. The number of carbonyl (C=O) groups is 3. The molecule has 8 nitrogen and oxygen atoms in total. The summed E-state index contributed by atoms with van der Waals surface area (Å²) in [6.45, 7) is 0. The molecule has 184 valence electrons. The lowest BCUT2D eigenvalue weighted by molar-refractivity contribution is -0.132. The van der Waals surface area contributed by atoms with Gasteiger partial charge in [-0.25, -0.2) is 9.78 Å². The van der Waals surface area contributed by atoms with Crippen LogP contribution in [0.1, 0.15) is 27.5 Å². The number of hydrogen-bond donors (Lipinski definition) is 3. The minimum atomic E-state index is -1.39. The molecule has 1 amide bonds. The quantitative estimate of drug-likeness (QED) is 0.160. The van der Waals surface area contributed by atoms with Crippen LogP contribution in [0, 0.1) is 0 Å². The van der Waals surface area contributed by atoms with Crippen molar-refractivity contribution >= 4 is 56.4 Å². The first-order valence-electron chi connectivity index (χ1n) is 10.9. The van der Waals surface area contributed by atoms with E-state index in [0.717, 1.165) is 32.1 Å². The minimum Gasteiger partial charge on any atom is -0.507 e. The van der Waals surface area contributed by atoms with Crippen molar-refractivity contribution < 1.29 is 29.7 Å². The Kier molecular flexibility index (Phi) is 6.36. The summed E-state index contributed by atoms with van der Waals surface area (Å²) in [5.41, 5.74) is 1.21. The second kappa shape index (κ2) is 9.64. The molecule has 1 fully saturated rings. The number of benzene rings is 3. The van der Waals surface area contributed by atoms with Crippen molar-refractivity contribution in [3.05, 3.63) is 105 Å². The van der Waals surface area contributed by atoms with E-state index in [1.165, 1.54) is 17.4 Å². The maximum absolute atomic E-state index is 13.3. The second-order valence-electron chi connectivity index (χ2n) is 8.14. The molecule has 37 heavy (non-hydrogen) atoms. The number of aromatic nitrogens is 1. The summed E-state index contributed by atoms with van der Waals surface area (Å²) in [5.74, 6) is -4.09. The highest BCUT2D eigenvalue weighted by Gasteiger charge is 2.47. The monoisotopic (exact) mass is 576 g/mol. The molecule has 1 unspecified atom stereocenters. The number of aromatic hydroxyl groups is 1. The van der Waals surface area contributed by atoms with Gasteiger partial charge in [-0.3, -0.25) is 14.5 Å². The molecule has 0 bridgehead atoms. The van der Waals surface area contributed by atoms with Crippen LogP contribution in [-0.2, 0) is 9.59 Å². The first-order chi connectivity index (χ1) is 17.8. The third-order valence-corrected chi connectivity index (χ3v) is 7.31. The molecule has 1 aliphatic rings. The van der Waals surface area contributed by atoms with Crippen molar-refractivity contribution in [2.45, 2.75) is 6.04 Å². The van der Waals surface area contributed by atoms with E-state index in [9.17, 15) is 29.7 Å². The highest BCUT2D eigenvalue weighted by atomic mass is 79.9. The number of amides is 1. The molecule has 5 rings (SSSR count). The van der Waals surface area contributed by atoms with E-state index < -0.39 is 35.0 Å². The van der Waals surface area contributed by atoms with Crippen LogP contribution < -0.4 is 4.90 Å². The second-order valence-corrected chi connectivity index (χ2v) is 9.95. The van der Waals surface area contributed by atoms with Crippen molar-refractivity contribution in [3.8, 4) is 16.3 Å². The topological polar surface area (TPSA) is 128 Å². The highest BCUT2D eigenvalue weighted by molar-refractivity contribution is 9.10. The maximum atomic E-state index is 13.3. The van der Waals surface area contributed by atoms with Gasteiger partial charge >= 0.3 is 5.97 Å². The van der Waals surface area contributed by atoms with Crippen LogP contribution in [0.25, 0.3) is 16.3 Å². The number of carboxylic acids is 1. The minimum absolute atomic E-state index is 0.0844. The van der Waals surface area contributed by atoms with Crippen LogP contribution in [-0.4, -0.2) is 38.0 Å². The fraction of sp³-hybridized carbons (Fsp3) is 0.0370. The van der Waals surface area contributed by atoms with Gasteiger partial charge in [0, 0.05) is 32.9 Å². The van der Waals surface area contributed by atoms with E-state index in [1.54, 1.807) is 54.7 Å². The van der Waals surface area contributed by atoms with Gasteiger partial charge in [-0.1, -0.05) is 52.3 Å². The number of Topliss-reactive ketones (excluding diaryl/α,β-unsaturated/α-hetero) is 1. The predicted molar refractivity (Wildman–Crippen MR) is 142 cm³/mol. The van der Waals surface area contributed by atoms with Gasteiger partial charge in [-0.05, 0) is 35.9 Å². The normalized spacial score (nSPS) is 16.8. The molecule has 4 aromatic rings. The third kappa shape index (κ3) is 4.41. The third-order valence-electron chi connectivity index (χ3n) is 5.96. The average molecular weight is 577 g/mol. The zero-order valence-corrected chi connectivity index (χ0v) is 21.2. The number of aliphatic hydroxyl groups is 1. The van der Waals surface area contributed by atoms with Crippen LogP contribution in [0.15, 0.2) is 88.4 Å². The van der Waals surface area contributed by atoms with Gasteiger partial charge in [0.25, 0.3) is 11.7 Å². The summed E-state index contributed by atoms with van der Waals surface area (Å²) in [5, 5.41) is 33.3. The van der Waals surface area contributed by atoms with E-state index in [0.29, 0.717) is 11.1 Å². The summed E-state index contributed by atoms with van der Waals surface area (Å²) in [4.78, 5) is 43.7. The first-order valence-corrected chi connectivity index (χ1v) is 12.6. The van der Waals surface area contributed by atoms with Crippen LogP contribution in [0.3, 0.4) is 0 Å². The fourth-order valence-electron chi connectivity index (χ4n) is 4.20. The van der Waals surface area contributed by atoms with E-state index in [-0.39, 0.29) is 17.0 Å². The van der Waals surface area contributed by atoms with Crippen molar-refractivity contribution in [2.75, 3.05) is 4.90 Å². The van der Waals surface area contributed by atoms with Crippen LogP contribution in [0.4, 0.5) is 5.69 Å². The molecule has 3 N–H and O–H groups in total. The van der Waals surface area contributed by atoms with Gasteiger partial charge < -0.3 is 15.3 Å². The number of aromatic carboxylic acids is 1. The standard InChI is InChI=1S/C27H17BrN2O6S/c28-17-7-5-15(6-8-17)23(32)21-22(14-1-3-16(4-2-14)25-29-11-12-37-25)30(26(34)24(21)33)18-9-10-20(31)19(13-18)27(35)36/h1-13,22,31-32H,(H,35,36)/b23-21+. The highest BCUT2D eigenvalue weighted by Crippen LogP contribution is 2.43. The van der Waals surface area contributed by atoms with E-state index in [2.05, 4.69) is 20.9 Å². The number of aliphatic hydroxyl groups excluding tert-OH is 1. The van der Waals surface area contributed by atoms with Crippen molar-refractivity contribution in [2.24, 2.45) is 0 Å². The maximum Gasteiger partial charge on any atom is 0.339 e. The molecule has 2 heterocycles. The van der Waals surface area contributed by atoms with E-state index in [4.69, 9.17) is 0 Å². The summed E-state index contributed by atoms with van der Waals surface area (Å²) in [6.07, 6.45) is 1.69. The number of anilines is 1. The molecule has 0 radical (unpaired) electrons. The number of rotatable bonds is 5. The smallest absolute Gasteiger partial charge is 0.339 e. The molecular weight excluding hydrogens is 560 g/mol. The number of carbonyl (C=O) groups excluding carboxylic acids is 2. The largest absolute Gasteiger partial charge is 0.507 e. The molecule has 0 saturated carbocycles. The lowest BCUT2D eigenvalue weighted by Crippen LogP contribution is -2.29. The summed E-state index contributed by atoms with van der Waals surface area (Å²) in [6, 6.07) is 16.2. The Morgan fingerprint density at radius 1 is 0.973 bits per heavy atom. The predicted octanol–water partition coefficient (Wildman–Crippen LogP) is 5.60. The molecular formula is C27H17BrN2O6S. The Bertz CT molecular complexity index is 1560. The fourth-order valence-corrected chi connectivity index (χ4v) is 5.11. The SMILES string of the molecule is O=C1C(=O)N(c2ccc(O)c(C(=O)O)c2)C(c2ccc(-c3nccs3)cc2)/C1=C(\O)c1ccc(Br)cc1. The molecule has 10 heteroatoms. The van der Waals surface area contributed by atoms with Gasteiger partial charge in [0.05, 0.1) is 11.6 Å². The van der Waals surface area contributed by atoms with Gasteiger partial charge in [0.1, 0.15) is 22.1 Å².